The molecule has 30 heavy (non-hydrogen) atoms. The molecule has 0 aliphatic heterocycles. The number of aldehydes is 1. The molecule has 0 heterocycles. The van der Waals surface area contributed by atoms with E-state index in [1.54, 1.807) is 11.2 Å². The first-order chi connectivity index (χ1) is 14.4. The van der Waals surface area contributed by atoms with E-state index in [9.17, 15) is 4.79 Å². The summed E-state index contributed by atoms with van der Waals surface area (Å²) in [5, 5.41) is 9.05. The average molecular weight is 414 g/mol. The average Bonchev–Trinajstić information content (AvgIpc) is 2.76. The third kappa shape index (κ3) is 7.81. The fourth-order valence-electron chi connectivity index (χ4n) is 2.62. The molecule has 8 heteroatoms. The quantitative estimate of drug-likeness (QED) is 0.150. The number of anilines is 2. The highest BCUT2D eigenvalue weighted by Crippen LogP contribution is 2.21. The van der Waals surface area contributed by atoms with Gasteiger partial charge in [-0.05, 0) is 37.1 Å². The van der Waals surface area contributed by atoms with Crippen molar-refractivity contribution in [3.63, 3.8) is 0 Å². The Bertz CT molecular complexity index is 775. The van der Waals surface area contributed by atoms with E-state index in [1.165, 1.54) is 0 Å². The maximum atomic E-state index is 11.3. The molecule has 1 aromatic carbocycles. The van der Waals surface area contributed by atoms with Gasteiger partial charge in [-0.1, -0.05) is 19.4 Å². The van der Waals surface area contributed by atoms with Crippen LogP contribution in [0.1, 0.15) is 26.7 Å². The van der Waals surface area contributed by atoms with Gasteiger partial charge in [0.15, 0.2) is 6.29 Å². The number of hydrazine groups is 1. The molecule has 0 aliphatic rings. The van der Waals surface area contributed by atoms with Crippen LogP contribution >= 0.6 is 0 Å². The first kappa shape index (κ1) is 25.1. The third-order valence-electron chi connectivity index (χ3n) is 4.55. The number of carbonyl (C=O) groups excluding carboxylic acids is 1. The monoisotopic (exact) mass is 413 g/mol. The second kappa shape index (κ2) is 13.3. The van der Waals surface area contributed by atoms with Crippen molar-refractivity contribution in [2.24, 2.45) is 16.6 Å². The van der Waals surface area contributed by atoms with Crippen LogP contribution in [-0.2, 0) is 4.79 Å². The predicted octanol–water partition coefficient (Wildman–Crippen LogP) is 2.53. The van der Waals surface area contributed by atoms with Crippen molar-refractivity contribution in [3.05, 3.63) is 47.4 Å². The minimum Gasteiger partial charge on any atom is -0.373 e. The van der Waals surface area contributed by atoms with Crippen LogP contribution < -0.4 is 21.5 Å². The van der Waals surface area contributed by atoms with Gasteiger partial charge in [-0.15, -0.1) is 0 Å². The minimum atomic E-state index is 0.260. The summed E-state index contributed by atoms with van der Waals surface area (Å²) in [4.78, 5) is 19.7. The minimum absolute atomic E-state index is 0.260. The number of nitrogens with one attached hydrogen (secondary N) is 1. The lowest BCUT2D eigenvalue weighted by molar-refractivity contribution is -0.104. The summed E-state index contributed by atoms with van der Waals surface area (Å²) in [7, 11) is 3.87. The van der Waals surface area contributed by atoms with Crippen LogP contribution in [-0.4, -0.2) is 57.3 Å². The number of nitrogens with two attached hydrogens (primary N) is 2. The molecular weight excluding hydrogens is 378 g/mol. The van der Waals surface area contributed by atoms with Crippen LogP contribution in [0.5, 0.6) is 0 Å². The van der Waals surface area contributed by atoms with Gasteiger partial charge in [-0.3, -0.25) is 9.80 Å². The number of hydrogen-bond donors (Lipinski definition) is 3. The van der Waals surface area contributed by atoms with Gasteiger partial charge in [0.1, 0.15) is 5.82 Å². The molecule has 0 unspecified atom stereocenters. The van der Waals surface area contributed by atoms with E-state index in [-0.39, 0.29) is 5.57 Å². The SMILES string of the molecule is CCCC=N/C(=C(\C=N)C=O)N(C)CCN(C)c1cccc(N(N)/C=C(\C)CN)c1. The standard InChI is InChI=1S/C22H35N7O/c1-5-6-10-26-22(19(15-24)17-30)28(4)12-11-27(3)20-8-7-9-21(13-20)29(25)16-18(2)14-23/h7-10,13,15-17,24H,5-6,11-12,14,23,25H2,1-4H3/b18-16+,22-19-,24-15?,26-10?. The number of hydrogen-bond acceptors (Lipinski definition) is 8. The molecule has 0 aliphatic carbocycles. The molecule has 0 saturated heterocycles. The van der Waals surface area contributed by atoms with Crippen LogP contribution in [0.15, 0.2) is 52.4 Å². The second-order valence-corrected chi connectivity index (χ2v) is 7.09. The molecule has 164 valence electrons. The summed E-state index contributed by atoms with van der Waals surface area (Å²) in [6, 6.07) is 7.91. The van der Waals surface area contributed by atoms with Crippen LogP contribution in [0.2, 0.25) is 0 Å². The normalized spacial score (nSPS) is 12.5. The topological polar surface area (TPSA) is 115 Å². The zero-order valence-electron chi connectivity index (χ0n) is 18.5. The lowest BCUT2D eigenvalue weighted by Crippen LogP contribution is -2.31. The first-order valence-electron chi connectivity index (χ1n) is 10.0. The Morgan fingerprint density at radius 1 is 1.23 bits per heavy atom. The van der Waals surface area contributed by atoms with Crippen molar-refractivity contribution in [2.75, 3.05) is 43.6 Å². The smallest absolute Gasteiger partial charge is 0.155 e. The summed E-state index contributed by atoms with van der Waals surface area (Å²) < 4.78 is 0. The predicted molar refractivity (Wildman–Crippen MR) is 127 cm³/mol. The number of carbonyl (C=O) groups is 1. The van der Waals surface area contributed by atoms with Crippen molar-refractivity contribution in [1.29, 1.82) is 5.41 Å². The van der Waals surface area contributed by atoms with E-state index in [2.05, 4.69) is 16.8 Å². The highest BCUT2D eigenvalue weighted by atomic mass is 16.1. The van der Waals surface area contributed by atoms with Gasteiger partial charge in [0.2, 0.25) is 0 Å². The molecule has 0 aromatic heterocycles. The summed E-state index contributed by atoms with van der Waals surface area (Å²) in [5.74, 6) is 6.63. The number of likely N-dealkylation sites (N-methyl/N-ethyl adjacent to an activating group) is 2. The lowest BCUT2D eigenvalue weighted by atomic mass is 10.2. The van der Waals surface area contributed by atoms with Crippen LogP contribution in [0.25, 0.3) is 0 Å². The highest BCUT2D eigenvalue weighted by Gasteiger charge is 2.11. The maximum Gasteiger partial charge on any atom is 0.155 e. The van der Waals surface area contributed by atoms with Gasteiger partial charge in [0.05, 0.1) is 11.3 Å². The molecule has 0 atom stereocenters. The Hall–Kier alpha value is -2.97. The van der Waals surface area contributed by atoms with Crippen LogP contribution in [0.4, 0.5) is 11.4 Å². The fourth-order valence-corrected chi connectivity index (χ4v) is 2.62. The fraction of sp³-hybridized carbons (Fsp3) is 0.409. The van der Waals surface area contributed by atoms with E-state index >= 15 is 0 Å². The molecule has 0 bridgehead atoms. The highest BCUT2D eigenvalue weighted by molar-refractivity contribution is 6.01. The van der Waals surface area contributed by atoms with Gasteiger partial charge < -0.3 is 20.9 Å². The van der Waals surface area contributed by atoms with Crippen LogP contribution in [0.3, 0.4) is 0 Å². The number of nitrogens with zero attached hydrogens (tertiary/aromatic N) is 4. The van der Waals surface area contributed by atoms with E-state index in [0.717, 1.165) is 36.0 Å². The zero-order valence-corrected chi connectivity index (χ0v) is 18.5. The molecule has 0 fully saturated rings. The molecule has 1 aromatic rings. The van der Waals surface area contributed by atoms with Gasteiger partial charge in [0, 0.05) is 58.0 Å². The molecule has 5 N–H and O–H groups in total. The number of benzene rings is 1. The first-order valence-corrected chi connectivity index (χ1v) is 10.0. The van der Waals surface area contributed by atoms with Crippen molar-refractivity contribution in [3.8, 4) is 0 Å². The van der Waals surface area contributed by atoms with Crippen LogP contribution in [0, 0.1) is 5.41 Å². The Morgan fingerprint density at radius 3 is 2.53 bits per heavy atom. The molecule has 0 spiro atoms. The Morgan fingerprint density at radius 2 is 1.93 bits per heavy atom. The summed E-state index contributed by atoms with van der Waals surface area (Å²) >= 11 is 0. The van der Waals surface area contributed by atoms with E-state index in [4.69, 9.17) is 17.0 Å². The molecule has 0 amide bonds. The second-order valence-electron chi connectivity index (χ2n) is 7.09. The molecule has 8 nitrogen and oxygen atoms in total. The third-order valence-corrected chi connectivity index (χ3v) is 4.55. The number of aliphatic imine (C=N–C) groups is 1. The van der Waals surface area contributed by atoms with E-state index in [0.29, 0.717) is 31.7 Å². The van der Waals surface area contributed by atoms with E-state index < -0.39 is 0 Å². The van der Waals surface area contributed by atoms with Crippen molar-refractivity contribution < 1.29 is 4.79 Å². The molecule has 0 saturated carbocycles. The van der Waals surface area contributed by atoms with Crippen molar-refractivity contribution in [2.45, 2.75) is 26.7 Å². The van der Waals surface area contributed by atoms with Gasteiger partial charge in [0.25, 0.3) is 0 Å². The van der Waals surface area contributed by atoms with Crippen molar-refractivity contribution >= 4 is 30.1 Å². The summed E-state index contributed by atoms with van der Waals surface area (Å²) in [6.07, 6.45) is 7.11. The summed E-state index contributed by atoms with van der Waals surface area (Å²) in [5.41, 5.74) is 8.75. The summed E-state index contributed by atoms with van der Waals surface area (Å²) in [6.45, 7) is 5.77. The van der Waals surface area contributed by atoms with Gasteiger partial charge >= 0.3 is 0 Å². The lowest BCUT2D eigenvalue weighted by Gasteiger charge is -2.26. The largest absolute Gasteiger partial charge is 0.373 e. The van der Waals surface area contributed by atoms with E-state index in [1.807, 2.05) is 56.4 Å². The molecular formula is C22H35N7O. The molecule has 1 rings (SSSR count). The number of allylic oxidation sites excluding steroid dienone is 1. The van der Waals surface area contributed by atoms with Gasteiger partial charge in [-0.25, -0.2) is 10.8 Å². The Labute approximate surface area is 180 Å². The Balaban J connectivity index is 2.91. The number of rotatable bonds is 13. The maximum absolute atomic E-state index is 11.3. The van der Waals surface area contributed by atoms with Crippen molar-refractivity contribution in [1.82, 2.24) is 4.90 Å². The molecule has 0 radical (unpaired) electrons. The number of unbranched alkanes of at least 4 members (excludes halogenated alkanes) is 1. The zero-order chi connectivity index (χ0) is 22.5. The van der Waals surface area contributed by atoms with Gasteiger partial charge in [-0.2, -0.15) is 0 Å². The Kier molecular flexibility index (Phi) is 11.1.